The van der Waals surface area contributed by atoms with Crippen LogP contribution in [0, 0.1) is 0 Å². The molecule has 0 aromatic heterocycles. The van der Waals surface area contributed by atoms with Crippen molar-refractivity contribution >= 4 is 11.8 Å². The second-order valence-corrected chi connectivity index (χ2v) is 9.53. The van der Waals surface area contributed by atoms with Gasteiger partial charge in [-0.05, 0) is 19.9 Å². The molecule has 15 heteroatoms. The van der Waals surface area contributed by atoms with E-state index in [4.69, 9.17) is 24.7 Å². The summed E-state index contributed by atoms with van der Waals surface area (Å²) in [4.78, 5) is 23.2. The first-order chi connectivity index (χ1) is 17.3. The van der Waals surface area contributed by atoms with Crippen molar-refractivity contribution in [3.63, 3.8) is 0 Å². The third-order valence-electron chi connectivity index (χ3n) is 6.28. The highest BCUT2D eigenvalue weighted by molar-refractivity contribution is 5.73. The van der Waals surface area contributed by atoms with Crippen molar-refractivity contribution < 1.29 is 59.2 Å². The number of carbonyl (C=O) groups excluding carboxylic acids is 2. The molecule has 11 atom stereocenters. The fraction of sp³-hybridized carbons (Fsp3) is 0.909. The van der Waals surface area contributed by atoms with Gasteiger partial charge in [0.25, 0.3) is 0 Å². The second-order valence-electron chi connectivity index (χ2n) is 9.53. The van der Waals surface area contributed by atoms with Crippen LogP contribution in [0.4, 0.5) is 0 Å². The van der Waals surface area contributed by atoms with Gasteiger partial charge >= 0.3 is 0 Å². The summed E-state index contributed by atoms with van der Waals surface area (Å²) in [6.07, 6.45) is -11.0. The van der Waals surface area contributed by atoms with Crippen molar-refractivity contribution in [2.45, 2.75) is 101 Å². The molecule has 2 saturated heterocycles. The van der Waals surface area contributed by atoms with Crippen LogP contribution in [0.25, 0.3) is 0 Å². The third kappa shape index (κ3) is 8.49. The molecule has 0 aliphatic carbocycles. The smallest absolute Gasteiger partial charge is 0.217 e. The number of aliphatic hydroxyl groups excluding tert-OH is 6. The van der Waals surface area contributed by atoms with Gasteiger partial charge in [-0.2, -0.15) is 0 Å². The predicted molar refractivity (Wildman–Crippen MR) is 124 cm³/mol. The first kappa shape index (κ1) is 31.7. The summed E-state index contributed by atoms with van der Waals surface area (Å²) in [5, 5.41) is 66.7. The van der Waals surface area contributed by atoms with Crippen LogP contribution in [-0.2, 0) is 28.5 Å². The standard InChI is InChI=1S/C22H41N3O12/c1-10(27)24-15-12(29)7-22(3,37-20(15)17(31)13(30)8-26)35-9-14-18(32)19(33)16(25-11(2)28)21(36-14)34-6-4-5-23/h12-21,26,29-33H,4-9,23H2,1-3H3,(H,24,27)(H,25,28)/t12-,13-,14?,15-,16?,17-,18+,19-,20?,21+,22+/m1/s1. The maximum absolute atomic E-state index is 11.6. The lowest BCUT2D eigenvalue weighted by Gasteiger charge is -2.48. The first-order valence-corrected chi connectivity index (χ1v) is 12.2. The summed E-state index contributed by atoms with van der Waals surface area (Å²) in [5.74, 6) is -2.59. The molecule has 15 nitrogen and oxygen atoms in total. The van der Waals surface area contributed by atoms with E-state index in [1.54, 1.807) is 0 Å². The molecule has 2 aliphatic rings. The number of carbonyl (C=O) groups is 2. The molecule has 2 fully saturated rings. The largest absolute Gasteiger partial charge is 0.394 e. The van der Waals surface area contributed by atoms with Gasteiger partial charge in [0, 0.05) is 20.3 Å². The zero-order valence-electron chi connectivity index (χ0n) is 21.2. The SMILES string of the molecule is CC(=O)NC1[C@@H](OCCCN)OC(CO[C@]2(C)C[C@@H](O)[C@@H](NC(C)=O)C([C@H](O)[C@H](O)CO)O2)[C@H](O)[C@@H]1O. The molecule has 0 radical (unpaired) electrons. The molecule has 10 N–H and O–H groups in total. The number of hydrogen-bond donors (Lipinski definition) is 9. The van der Waals surface area contributed by atoms with Crippen LogP contribution in [0.5, 0.6) is 0 Å². The van der Waals surface area contributed by atoms with Crippen LogP contribution in [0.2, 0.25) is 0 Å². The average Bonchev–Trinajstić information content (AvgIpc) is 2.83. The van der Waals surface area contributed by atoms with Crippen molar-refractivity contribution in [2.75, 3.05) is 26.4 Å². The Morgan fingerprint density at radius 3 is 2.30 bits per heavy atom. The van der Waals surface area contributed by atoms with Crippen LogP contribution in [0.1, 0.15) is 33.6 Å². The van der Waals surface area contributed by atoms with Crippen molar-refractivity contribution in [1.82, 2.24) is 10.6 Å². The van der Waals surface area contributed by atoms with Gasteiger partial charge in [0.05, 0.1) is 32.0 Å². The number of rotatable bonds is 12. The van der Waals surface area contributed by atoms with Crippen LogP contribution in [0.3, 0.4) is 0 Å². The molecule has 0 spiro atoms. The maximum atomic E-state index is 11.6. The van der Waals surface area contributed by atoms with E-state index in [0.29, 0.717) is 13.0 Å². The molecule has 0 saturated carbocycles. The van der Waals surface area contributed by atoms with Crippen molar-refractivity contribution in [3.05, 3.63) is 0 Å². The Bertz CT molecular complexity index is 748. The topological polar surface area (TPSA) is 243 Å². The summed E-state index contributed by atoms with van der Waals surface area (Å²) in [7, 11) is 0. The van der Waals surface area contributed by atoms with Gasteiger partial charge in [-0.1, -0.05) is 0 Å². The Labute approximate surface area is 214 Å². The van der Waals surface area contributed by atoms with E-state index in [-0.39, 0.29) is 19.6 Å². The average molecular weight is 540 g/mol. The molecule has 216 valence electrons. The van der Waals surface area contributed by atoms with Gasteiger partial charge in [-0.25, -0.2) is 0 Å². The summed E-state index contributed by atoms with van der Waals surface area (Å²) in [6.45, 7) is 3.21. The van der Waals surface area contributed by atoms with Crippen molar-refractivity contribution in [3.8, 4) is 0 Å². The van der Waals surface area contributed by atoms with Gasteiger partial charge in [-0.15, -0.1) is 0 Å². The lowest BCUT2D eigenvalue weighted by atomic mass is 9.89. The Morgan fingerprint density at radius 1 is 1.11 bits per heavy atom. The number of aliphatic hydroxyl groups is 6. The lowest BCUT2D eigenvalue weighted by Crippen LogP contribution is -2.67. The molecule has 0 bridgehead atoms. The predicted octanol–water partition coefficient (Wildman–Crippen LogP) is -4.60. The summed E-state index contributed by atoms with van der Waals surface area (Å²) >= 11 is 0. The highest BCUT2D eigenvalue weighted by atomic mass is 16.7. The summed E-state index contributed by atoms with van der Waals surface area (Å²) < 4.78 is 23.1. The quantitative estimate of drug-likeness (QED) is 0.106. The summed E-state index contributed by atoms with van der Waals surface area (Å²) in [5.41, 5.74) is 5.48. The van der Waals surface area contributed by atoms with Gasteiger partial charge in [0.1, 0.15) is 42.7 Å². The van der Waals surface area contributed by atoms with Crippen molar-refractivity contribution in [2.24, 2.45) is 5.73 Å². The third-order valence-corrected chi connectivity index (χ3v) is 6.28. The van der Waals surface area contributed by atoms with Gasteiger partial charge in [-0.3, -0.25) is 9.59 Å². The molecule has 0 aromatic carbocycles. The minimum Gasteiger partial charge on any atom is -0.394 e. The van der Waals surface area contributed by atoms with E-state index in [9.17, 15) is 40.2 Å². The van der Waals surface area contributed by atoms with E-state index in [2.05, 4.69) is 10.6 Å². The molecule has 2 amide bonds. The Balaban J connectivity index is 2.16. The highest BCUT2D eigenvalue weighted by Gasteiger charge is 2.51. The Hall–Kier alpha value is -1.50. The molecule has 2 rings (SSSR count). The van der Waals surface area contributed by atoms with Crippen LogP contribution in [0.15, 0.2) is 0 Å². The minimum absolute atomic E-state index is 0.165. The zero-order chi connectivity index (χ0) is 27.9. The molecule has 2 aliphatic heterocycles. The molecule has 37 heavy (non-hydrogen) atoms. The molecular weight excluding hydrogens is 498 g/mol. The van der Waals surface area contributed by atoms with Gasteiger partial charge < -0.3 is 66.0 Å². The Morgan fingerprint density at radius 2 is 1.73 bits per heavy atom. The summed E-state index contributed by atoms with van der Waals surface area (Å²) in [6, 6.07) is -2.19. The molecule has 3 unspecified atom stereocenters. The molecular formula is C22H41N3O12. The molecule has 2 heterocycles. The van der Waals surface area contributed by atoms with Gasteiger partial charge in [0.15, 0.2) is 12.1 Å². The number of nitrogens with one attached hydrogen (secondary N) is 2. The number of amides is 2. The van der Waals surface area contributed by atoms with Crippen LogP contribution >= 0.6 is 0 Å². The fourth-order valence-corrected chi connectivity index (χ4v) is 4.39. The maximum Gasteiger partial charge on any atom is 0.217 e. The van der Waals surface area contributed by atoms with Crippen LogP contribution in [-0.4, -0.2) is 136 Å². The second kappa shape index (κ2) is 14.0. The normalized spacial score (nSPS) is 38.0. The van der Waals surface area contributed by atoms with E-state index < -0.39 is 85.3 Å². The highest BCUT2D eigenvalue weighted by Crippen LogP contribution is 2.34. The monoisotopic (exact) mass is 539 g/mol. The first-order valence-electron chi connectivity index (χ1n) is 12.2. The van der Waals surface area contributed by atoms with Crippen LogP contribution < -0.4 is 16.4 Å². The number of hydrogen-bond acceptors (Lipinski definition) is 13. The Kier molecular flexibility index (Phi) is 12.0. The lowest BCUT2D eigenvalue weighted by molar-refractivity contribution is -0.332. The van der Waals surface area contributed by atoms with Crippen molar-refractivity contribution in [1.29, 1.82) is 0 Å². The van der Waals surface area contributed by atoms with E-state index in [1.165, 1.54) is 20.8 Å². The van der Waals surface area contributed by atoms with E-state index >= 15 is 0 Å². The fourth-order valence-electron chi connectivity index (χ4n) is 4.39. The number of ether oxygens (including phenoxy) is 4. The zero-order valence-corrected chi connectivity index (χ0v) is 21.2. The van der Waals surface area contributed by atoms with Gasteiger partial charge in [0.2, 0.25) is 11.8 Å². The number of nitrogens with two attached hydrogens (primary N) is 1. The molecule has 0 aromatic rings. The minimum atomic E-state index is -1.70. The van der Waals surface area contributed by atoms with E-state index in [0.717, 1.165) is 0 Å². The van der Waals surface area contributed by atoms with E-state index in [1.807, 2.05) is 0 Å².